The van der Waals surface area contributed by atoms with Gasteiger partial charge in [-0.3, -0.25) is 0 Å². The van der Waals surface area contributed by atoms with Crippen LogP contribution in [0.3, 0.4) is 0 Å². The second-order valence-corrected chi connectivity index (χ2v) is 6.53. The standard InChI is InChI=1S/C8H15NO2S2/c1-2-13(10,11)7-4-3-6(5-7)8(9)12/h6-7H,2-5H2,1H3,(H2,9,12)/t6-,7+/m1/s1. The van der Waals surface area contributed by atoms with Gasteiger partial charge in [0, 0.05) is 11.7 Å². The summed E-state index contributed by atoms with van der Waals surface area (Å²) in [6.45, 7) is 1.68. The predicted octanol–water partition coefficient (Wildman–Crippen LogP) is 0.876. The van der Waals surface area contributed by atoms with Crippen LogP contribution in [0.5, 0.6) is 0 Å². The van der Waals surface area contributed by atoms with E-state index in [2.05, 4.69) is 0 Å². The minimum absolute atomic E-state index is 0.140. The van der Waals surface area contributed by atoms with Crippen LogP contribution >= 0.6 is 12.2 Å². The number of hydrogen-bond donors (Lipinski definition) is 1. The number of nitrogens with two attached hydrogens (primary N) is 1. The average molecular weight is 221 g/mol. The SMILES string of the molecule is CCS(=O)(=O)[C@H]1CC[C@@H](C(N)=S)C1. The zero-order valence-corrected chi connectivity index (χ0v) is 9.33. The molecule has 0 aromatic carbocycles. The lowest BCUT2D eigenvalue weighted by molar-refractivity contribution is 0.579. The van der Waals surface area contributed by atoms with Gasteiger partial charge < -0.3 is 5.73 Å². The van der Waals surface area contributed by atoms with Crippen LogP contribution in [-0.4, -0.2) is 24.4 Å². The zero-order chi connectivity index (χ0) is 10.1. The topological polar surface area (TPSA) is 60.2 Å². The normalized spacial score (nSPS) is 29.0. The molecule has 1 rings (SSSR count). The third-order valence-corrected chi connectivity index (χ3v) is 5.28. The van der Waals surface area contributed by atoms with Gasteiger partial charge in [-0.05, 0) is 19.3 Å². The van der Waals surface area contributed by atoms with Crippen molar-refractivity contribution < 1.29 is 8.42 Å². The Morgan fingerprint density at radius 3 is 2.54 bits per heavy atom. The van der Waals surface area contributed by atoms with Crippen LogP contribution in [-0.2, 0) is 9.84 Å². The van der Waals surface area contributed by atoms with E-state index in [9.17, 15) is 8.42 Å². The Morgan fingerprint density at radius 1 is 1.54 bits per heavy atom. The van der Waals surface area contributed by atoms with Gasteiger partial charge >= 0.3 is 0 Å². The summed E-state index contributed by atoms with van der Waals surface area (Å²) in [7, 11) is -2.88. The fourth-order valence-electron chi connectivity index (χ4n) is 1.76. The molecule has 0 amide bonds. The van der Waals surface area contributed by atoms with Crippen molar-refractivity contribution >= 4 is 27.0 Å². The summed E-state index contributed by atoms with van der Waals surface area (Å²) in [6, 6.07) is 0. The first-order chi connectivity index (χ1) is 5.97. The van der Waals surface area contributed by atoms with Crippen LogP contribution in [0.2, 0.25) is 0 Å². The van der Waals surface area contributed by atoms with E-state index in [1.54, 1.807) is 6.92 Å². The third kappa shape index (κ3) is 2.40. The van der Waals surface area contributed by atoms with Gasteiger partial charge in [-0.25, -0.2) is 8.42 Å². The summed E-state index contributed by atoms with van der Waals surface area (Å²) in [6.07, 6.45) is 2.18. The molecule has 76 valence electrons. The van der Waals surface area contributed by atoms with Crippen molar-refractivity contribution in [1.29, 1.82) is 0 Å². The molecule has 0 radical (unpaired) electrons. The van der Waals surface area contributed by atoms with Crippen molar-refractivity contribution in [3.05, 3.63) is 0 Å². The molecule has 0 aliphatic heterocycles. The first kappa shape index (κ1) is 10.9. The van der Waals surface area contributed by atoms with Gasteiger partial charge in [0.2, 0.25) is 0 Å². The number of rotatable bonds is 3. The molecular weight excluding hydrogens is 206 g/mol. The molecule has 1 fully saturated rings. The molecule has 1 saturated carbocycles. The fourth-order valence-corrected chi connectivity index (χ4v) is 3.47. The van der Waals surface area contributed by atoms with E-state index in [1.807, 2.05) is 0 Å². The fraction of sp³-hybridized carbons (Fsp3) is 0.875. The van der Waals surface area contributed by atoms with Crippen LogP contribution in [0.4, 0.5) is 0 Å². The highest BCUT2D eigenvalue weighted by atomic mass is 32.2. The summed E-state index contributed by atoms with van der Waals surface area (Å²) in [5.74, 6) is 0.364. The largest absolute Gasteiger partial charge is 0.393 e. The highest BCUT2D eigenvalue weighted by molar-refractivity contribution is 7.92. The second-order valence-electron chi connectivity index (χ2n) is 3.49. The molecule has 0 spiro atoms. The van der Waals surface area contributed by atoms with E-state index in [1.165, 1.54) is 0 Å². The van der Waals surface area contributed by atoms with Gasteiger partial charge in [-0.2, -0.15) is 0 Å². The Hall–Kier alpha value is -0.160. The number of hydrogen-bond acceptors (Lipinski definition) is 3. The van der Waals surface area contributed by atoms with Gasteiger partial charge in [0.25, 0.3) is 0 Å². The average Bonchev–Trinajstić information content (AvgIpc) is 2.52. The molecule has 3 nitrogen and oxygen atoms in total. The third-order valence-electron chi connectivity index (χ3n) is 2.70. The Bertz CT molecular complexity index is 297. The molecule has 0 unspecified atom stereocenters. The highest BCUT2D eigenvalue weighted by Gasteiger charge is 2.33. The highest BCUT2D eigenvalue weighted by Crippen LogP contribution is 2.30. The van der Waals surface area contributed by atoms with Crippen molar-refractivity contribution in [2.24, 2.45) is 11.7 Å². The smallest absolute Gasteiger partial charge is 0.152 e. The van der Waals surface area contributed by atoms with Crippen LogP contribution < -0.4 is 5.73 Å². The van der Waals surface area contributed by atoms with Crippen LogP contribution in [0.1, 0.15) is 26.2 Å². The monoisotopic (exact) mass is 221 g/mol. The van der Waals surface area contributed by atoms with E-state index >= 15 is 0 Å². The van der Waals surface area contributed by atoms with Gasteiger partial charge in [0.1, 0.15) is 0 Å². The molecule has 13 heavy (non-hydrogen) atoms. The second kappa shape index (κ2) is 3.92. The van der Waals surface area contributed by atoms with Crippen LogP contribution in [0.15, 0.2) is 0 Å². The van der Waals surface area contributed by atoms with Gasteiger partial charge in [0.05, 0.1) is 10.2 Å². The van der Waals surface area contributed by atoms with Crippen LogP contribution in [0.25, 0.3) is 0 Å². The quantitative estimate of drug-likeness (QED) is 0.719. The van der Waals surface area contributed by atoms with E-state index < -0.39 is 9.84 Å². The Balaban J connectivity index is 2.65. The van der Waals surface area contributed by atoms with Crippen molar-refractivity contribution in [2.75, 3.05) is 5.75 Å². The van der Waals surface area contributed by atoms with E-state index in [4.69, 9.17) is 18.0 Å². The molecule has 0 saturated heterocycles. The van der Waals surface area contributed by atoms with E-state index in [0.29, 0.717) is 11.4 Å². The van der Waals surface area contributed by atoms with Crippen molar-refractivity contribution in [3.8, 4) is 0 Å². The summed E-state index contributed by atoms with van der Waals surface area (Å²) in [5.41, 5.74) is 5.48. The lowest BCUT2D eigenvalue weighted by atomic mass is 10.1. The summed E-state index contributed by atoms with van der Waals surface area (Å²) < 4.78 is 23.0. The molecule has 1 aliphatic rings. The maximum absolute atomic E-state index is 11.5. The summed E-state index contributed by atoms with van der Waals surface area (Å²) in [5, 5.41) is -0.205. The number of sulfone groups is 1. The Kier molecular flexibility index (Phi) is 3.29. The van der Waals surface area contributed by atoms with Gasteiger partial charge in [-0.15, -0.1) is 0 Å². The first-order valence-corrected chi connectivity index (χ1v) is 6.60. The Morgan fingerprint density at radius 2 is 2.15 bits per heavy atom. The van der Waals surface area contributed by atoms with E-state index in [0.717, 1.165) is 12.8 Å². The predicted molar refractivity (Wildman–Crippen MR) is 57.4 cm³/mol. The molecule has 0 heterocycles. The zero-order valence-electron chi connectivity index (χ0n) is 7.69. The lowest BCUT2D eigenvalue weighted by Gasteiger charge is -2.09. The maximum atomic E-state index is 11.5. The molecule has 0 bridgehead atoms. The van der Waals surface area contributed by atoms with E-state index in [-0.39, 0.29) is 16.9 Å². The summed E-state index contributed by atoms with van der Waals surface area (Å²) >= 11 is 4.85. The van der Waals surface area contributed by atoms with Gasteiger partial charge in [-0.1, -0.05) is 19.1 Å². The molecular formula is C8H15NO2S2. The van der Waals surface area contributed by atoms with Gasteiger partial charge in [0.15, 0.2) is 9.84 Å². The minimum Gasteiger partial charge on any atom is -0.393 e. The molecule has 2 atom stereocenters. The molecule has 0 aromatic heterocycles. The van der Waals surface area contributed by atoms with Crippen molar-refractivity contribution in [3.63, 3.8) is 0 Å². The lowest BCUT2D eigenvalue weighted by Crippen LogP contribution is -2.23. The minimum atomic E-state index is -2.88. The molecule has 2 N–H and O–H groups in total. The van der Waals surface area contributed by atoms with Crippen molar-refractivity contribution in [1.82, 2.24) is 0 Å². The summed E-state index contributed by atoms with van der Waals surface area (Å²) in [4.78, 5) is 0.466. The molecule has 1 aliphatic carbocycles. The Labute approximate surface area is 84.6 Å². The first-order valence-electron chi connectivity index (χ1n) is 4.48. The number of thiocarbonyl (C=S) groups is 1. The molecule has 5 heteroatoms. The van der Waals surface area contributed by atoms with Crippen LogP contribution in [0, 0.1) is 5.92 Å². The van der Waals surface area contributed by atoms with Crippen molar-refractivity contribution in [2.45, 2.75) is 31.4 Å². The maximum Gasteiger partial charge on any atom is 0.152 e. The molecule has 0 aromatic rings.